The first-order valence-corrected chi connectivity index (χ1v) is 15.4. The number of thioether (sulfide) groups is 2. The summed E-state index contributed by atoms with van der Waals surface area (Å²) >= 11 is 4.91. The molecule has 5 nitrogen and oxygen atoms in total. The van der Waals surface area contributed by atoms with E-state index in [1.807, 2.05) is 60.7 Å². The number of ether oxygens (including phenoxy) is 1. The van der Waals surface area contributed by atoms with Crippen LogP contribution in [0.1, 0.15) is 44.1 Å². The summed E-state index contributed by atoms with van der Waals surface area (Å²) in [4.78, 5) is 27.6. The highest BCUT2D eigenvalue weighted by atomic mass is 32.2. The summed E-state index contributed by atoms with van der Waals surface area (Å²) in [7, 11) is 0. The zero-order chi connectivity index (χ0) is 25.8. The Morgan fingerprint density at radius 3 is 2.32 bits per heavy atom. The number of hydrogen-bond acceptors (Lipinski definition) is 7. The third kappa shape index (κ3) is 5.72. The molecule has 3 heterocycles. The van der Waals surface area contributed by atoms with Crippen LogP contribution in [-0.2, 0) is 22.6 Å². The molecule has 1 atom stereocenters. The van der Waals surface area contributed by atoms with E-state index in [1.165, 1.54) is 22.2 Å². The van der Waals surface area contributed by atoms with Crippen molar-refractivity contribution < 1.29 is 9.53 Å². The molecule has 8 heteroatoms. The van der Waals surface area contributed by atoms with Crippen molar-refractivity contribution in [2.24, 2.45) is 0 Å². The predicted molar refractivity (Wildman–Crippen MR) is 156 cm³/mol. The molecule has 0 bridgehead atoms. The lowest BCUT2D eigenvalue weighted by molar-refractivity contribution is -0.115. The number of para-hydroxylation sites is 2. The van der Waals surface area contributed by atoms with Gasteiger partial charge >= 0.3 is 0 Å². The molecule has 0 saturated heterocycles. The molecule has 1 aliphatic rings. The van der Waals surface area contributed by atoms with E-state index in [0.717, 1.165) is 56.8 Å². The zero-order valence-electron chi connectivity index (χ0n) is 21.4. The first-order valence-electron chi connectivity index (χ1n) is 12.7. The lowest BCUT2D eigenvalue weighted by Gasteiger charge is -2.33. The number of hydrogen-bond donors (Lipinski definition) is 0. The number of anilines is 2. The number of thiophene rings is 1. The van der Waals surface area contributed by atoms with Gasteiger partial charge in [0.1, 0.15) is 9.86 Å². The molecule has 5 rings (SSSR count). The molecule has 2 aromatic heterocycles. The second-order valence-electron chi connectivity index (χ2n) is 9.30. The summed E-state index contributed by atoms with van der Waals surface area (Å²) in [6.45, 7) is 7.12. The molecule has 0 radical (unpaired) electrons. The molecular weight excluding hydrogens is 519 g/mol. The predicted octanol–water partition coefficient (Wildman–Crippen LogP) is 7.89. The Labute approximate surface area is 231 Å². The molecule has 0 aliphatic carbocycles. The van der Waals surface area contributed by atoms with Gasteiger partial charge in [0.2, 0.25) is 5.91 Å². The van der Waals surface area contributed by atoms with E-state index >= 15 is 0 Å². The molecular formula is C29H31N3O2S3. The fourth-order valence-electron chi connectivity index (χ4n) is 4.40. The Bertz CT molecular complexity index is 1340. The number of fused-ring (bicyclic) bond motifs is 3. The normalized spacial score (nSPS) is 17.1. The smallest absolute Gasteiger partial charge is 0.241 e. The number of nitrogens with zero attached hydrogens (tertiary/aromatic N) is 3. The summed E-state index contributed by atoms with van der Waals surface area (Å²) < 4.78 is 6.22. The van der Waals surface area contributed by atoms with Crippen LogP contribution in [0.15, 0.2) is 70.8 Å². The monoisotopic (exact) mass is 549 g/mol. The maximum atomic E-state index is 13.7. The topological polar surface area (TPSA) is 55.3 Å². The average molecular weight is 550 g/mol. The SMILES string of the molecule is CCCSc1nc(SCC(=O)N(c2ccccc2)c2ccccc2)c2c3c(sc2n1)CO[C@](C)(CC)C3. The lowest BCUT2D eigenvalue weighted by atomic mass is 9.90. The van der Waals surface area contributed by atoms with Gasteiger partial charge in [-0.3, -0.25) is 9.69 Å². The van der Waals surface area contributed by atoms with E-state index in [4.69, 9.17) is 14.7 Å². The molecule has 0 unspecified atom stereocenters. The zero-order valence-corrected chi connectivity index (χ0v) is 23.8. The van der Waals surface area contributed by atoms with E-state index < -0.39 is 0 Å². The lowest BCUT2D eigenvalue weighted by Crippen LogP contribution is -2.33. The molecule has 0 spiro atoms. The van der Waals surface area contributed by atoms with Gasteiger partial charge in [-0.25, -0.2) is 9.97 Å². The van der Waals surface area contributed by atoms with Crippen LogP contribution in [-0.4, -0.2) is 33.0 Å². The van der Waals surface area contributed by atoms with E-state index in [-0.39, 0.29) is 17.3 Å². The van der Waals surface area contributed by atoms with Crippen molar-refractivity contribution in [3.05, 3.63) is 71.1 Å². The van der Waals surface area contributed by atoms with E-state index in [2.05, 4.69) is 20.8 Å². The number of amides is 1. The molecule has 0 N–H and O–H groups in total. The number of rotatable bonds is 9. The van der Waals surface area contributed by atoms with Crippen molar-refractivity contribution in [2.75, 3.05) is 16.4 Å². The molecule has 0 saturated carbocycles. The molecule has 192 valence electrons. The van der Waals surface area contributed by atoms with Crippen LogP contribution in [0.3, 0.4) is 0 Å². The van der Waals surface area contributed by atoms with Crippen molar-refractivity contribution >= 4 is 62.4 Å². The molecule has 37 heavy (non-hydrogen) atoms. The molecule has 0 fully saturated rings. The van der Waals surface area contributed by atoms with E-state index in [1.54, 1.807) is 28.0 Å². The highest BCUT2D eigenvalue weighted by Gasteiger charge is 2.33. The van der Waals surface area contributed by atoms with Crippen LogP contribution in [0, 0.1) is 0 Å². The second kappa shape index (κ2) is 11.6. The molecule has 2 aromatic carbocycles. The Morgan fingerprint density at radius 1 is 1.03 bits per heavy atom. The summed E-state index contributed by atoms with van der Waals surface area (Å²) in [5.74, 6) is 1.26. The number of benzene rings is 2. The maximum Gasteiger partial charge on any atom is 0.241 e. The van der Waals surface area contributed by atoms with Crippen molar-refractivity contribution in [2.45, 2.75) is 62.4 Å². The van der Waals surface area contributed by atoms with E-state index in [0.29, 0.717) is 6.61 Å². The van der Waals surface area contributed by atoms with Gasteiger partial charge in [-0.1, -0.05) is 73.8 Å². The molecule has 1 amide bonds. The fourth-order valence-corrected chi connectivity index (χ4v) is 7.28. The summed E-state index contributed by atoms with van der Waals surface area (Å²) in [5, 5.41) is 2.79. The third-order valence-electron chi connectivity index (χ3n) is 6.58. The Balaban J connectivity index is 1.49. The van der Waals surface area contributed by atoms with Crippen LogP contribution >= 0.6 is 34.9 Å². The average Bonchev–Trinajstić information content (AvgIpc) is 3.29. The van der Waals surface area contributed by atoms with Crippen molar-refractivity contribution in [3.63, 3.8) is 0 Å². The van der Waals surface area contributed by atoms with Gasteiger partial charge in [-0.05, 0) is 49.6 Å². The van der Waals surface area contributed by atoms with Crippen LogP contribution in [0.2, 0.25) is 0 Å². The summed E-state index contributed by atoms with van der Waals surface area (Å²) in [5.41, 5.74) is 2.82. The molecule has 4 aromatic rings. The van der Waals surface area contributed by atoms with Gasteiger partial charge in [0.05, 0.1) is 18.0 Å². The van der Waals surface area contributed by atoms with Gasteiger partial charge in [-0.15, -0.1) is 11.3 Å². The highest BCUT2D eigenvalue weighted by molar-refractivity contribution is 8.00. The highest BCUT2D eigenvalue weighted by Crippen LogP contribution is 2.43. The Kier molecular flexibility index (Phi) is 8.19. The van der Waals surface area contributed by atoms with Gasteiger partial charge < -0.3 is 4.74 Å². The van der Waals surface area contributed by atoms with Gasteiger partial charge in [-0.2, -0.15) is 0 Å². The van der Waals surface area contributed by atoms with Gasteiger partial charge in [0.25, 0.3) is 0 Å². The van der Waals surface area contributed by atoms with Crippen LogP contribution in [0.25, 0.3) is 10.2 Å². The van der Waals surface area contributed by atoms with Crippen LogP contribution < -0.4 is 4.90 Å². The van der Waals surface area contributed by atoms with E-state index in [9.17, 15) is 4.79 Å². The Hall–Kier alpha value is -2.39. The van der Waals surface area contributed by atoms with Crippen LogP contribution in [0.4, 0.5) is 11.4 Å². The first-order chi connectivity index (χ1) is 18.0. The molecule has 1 aliphatic heterocycles. The number of carbonyl (C=O) groups is 1. The quantitative estimate of drug-likeness (QED) is 0.120. The second-order valence-corrected chi connectivity index (χ2v) is 12.4. The van der Waals surface area contributed by atoms with Crippen molar-refractivity contribution in [1.82, 2.24) is 9.97 Å². The van der Waals surface area contributed by atoms with Crippen LogP contribution in [0.5, 0.6) is 0 Å². The van der Waals surface area contributed by atoms with Gasteiger partial charge in [0, 0.05) is 33.8 Å². The first kappa shape index (κ1) is 26.2. The fraction of sp³-hybridized carbons (Fsp3) is 0.345. The van der Waals surface area contributed by atoms with Crippen molar-refractivity contribution in [1.29, 1.82) is 0 Å². The van der Waals surface area contributed by atoms with Gasteiger partial charge in [0.15, 0.2) is 5.16 Å². The Morgan fingerprint density at radius 2 is 1.70 bits per heavy atom. The summed E-state index contributed by atoms with van der Waals surface area (Å²) in [6.07, 6.45) is 2.84. The number of carbonyl (C=O) groups excluding carboxylic acids is 1. The summed E-state index contributed by atoms with van der Waals surface area (Å²) in [6, 6.07) is 19.7. The number of aromatic nitrogens is 2. The third-order valence-corrected chi connectivity index (χ3v) is 9.69. The minimum Gasteiger partial charge on any atom is -0.369 e. The standard InChI is InChI=1S/C29H31N3O2S3/c1-4-16-35-28-30-26(25-22-17-29(3,5-2)34-18-23(22)37-27(25)31-28)36-19-24(33)32(20-12-8-6-9-13-20)21-14-10-7-11-15-21/h6-15H,4-5,16-19H2,1-3H3/t29-/m1/s1. The largest absolute Gasteiger partial charge is 0.369 e. The van der Waals surface area contributed by atoms with Crippen molar-refractivity contribution in [3.8, 4) is 0 Å². The minimum absolute atomic E-state index is 0.0164. The minimum atomic E-state index is -0.189. The maximum absolute atomic E-state index is 13.7.